The first kappa shape index (κ1) is 22.3. The fourth-order valence-corrected chi connectivity index (χ4v) is 4.12. The topological polar surface area (TPSA) is 106 Å². The van der Waals surface area contributed by atoms with Gasteiger partial charge in [-0.1, -0.05) is 12.1 Å². The van der Waals surface area contributed by atoms with Crippen molar-refractivity contribution < 1.29 is 9.47 Å². The third-order valence-corrected chi connectivity index (χ3v) is 5.92. The molecule has 178 valence electrons. The zero-order valence-electron chi connectivity index (χ0n) is 19.4. The first-order valence-corrected chi connectivity index (χ1v) is 11.2. The molecule has 0 atom stereocenters. The molecule has 0 unspecified atom stereocenters. The van der Waals surface area contributed by atoms with Crippen molar-refractivity contribution >= 4 is 16.7 Å². The van der Waals surface area contributed by atoms with Gasteiger partial charge in [-0.15, -0.1) is 5.10 Å². The molecule has 0 aliphatic rings. The van der Waals surface area contributed by atoms with E-state index >= 15 is 0 Å². The highest BCUT2D eigenvalue weighted by Gasteiger charge is 2.14. The fourth-order valence-electron chi connectivity index (χ4n) is 4.12. The molecule has 10 nitrogen and oxygen atoms in total. The minimum absolute atomic E-state index is 0.166. The van der Waals surface area contributed by atoms with Crippen molar-refractivity contribution in [3.63, 3.8) is 0 Å². The number of ether oxygens (including phenoxy) is 2. The van der Waals surface area contributed by atoms with Crippen molar-refractivity contribution in [1.29, 1.82) is 0 Å². The smallest absolute Gasteiger partial charge is 0.350 e. The highest BCUT2D eigenvalue weighted by Crippen LogP contribution is 2.27. The number of benzene rings is 1. The molecule has 0 spiro atoms. The zero-order valence-corrected chi connectivity index (χ0v) is 19.4. The highest BCUT2D eigenvalue weighted by atomic mass is 16.5. The van der Waals surface area contributed by atoms with Crippen LogP contribution in [0.4, 0.5) is 0 Å². The molecular formula is C25H24N6O4. The Hall–Kier alpha value is -4.47. The van der Waals surface area contributed by atoms with Gasteiger partial charge in [-0.05, 0) is 48.4 Å². The summed E-state index contributed by atoms with van der Waals surface area (Å²) in [6.45, 7) is 0.684. The van der Waals surface area contributed by atoms with Gasteiger partial charge in [0.05, 0.1) is 26.2 Å². The van der Waals surface area contributed by atoms with E-state index in [2.05, 4.69) is 15.1 Å². The summed E-state index contributed by atoms with van der Waals surface area (Å²) in [4.78, 5) is 35.0. The number of fused-ring (bicyclic) bond motifs is 2. The van der Waals surface area contributed by atoms with Gasteiger partial charge in [0.1, 0.15) is 5.82 Å². The maximum atomic E-state index is 13.4. The maximum absolute atomic E-state index is 13.4. The molecule has 10 heteroatoms. The molecule has 4 heterocycles. The molecular weight excluding hydrogens is 448 g/mol. The first-order valence-electron chi connectivity index (χ1n) is 11.2. The van der Waals surface area contributed by atoms with Crippen LogP contribution in [0.25, 0.3) is 16.7 Å². The summed E-state index contributed by atoms with van der Waals surface area (Å²) in [7, 11) is 3.18. The van der Waals surface area contributed by atoms with Crippen LogP contribution >= 0.6 is 0 Å². The number of hydrogen-bond donors (Lipinski definition) is 0. The Morgan fingerprint density at radius 3 is 2.57 bits per heavy atom. The lowest BCUT2D eigenvalue weighted by atomic mass is 10.1. The van der Waals surface area contributed by atoms with E-state index in [0.29, 0.717) is 53.4 Å². The molecule has 0 radical (unpaired) electrons. The number of rotatable bonds is 8. The van der Waals surface area contributed by atoms with Crippen LogP contribution in [-0.2, 0) is 25.9 Å². The van der Waals surface area contributed by atoms with Crippen LogP contribution < -0.4 is 20.7 Å². The summed E-state index contributed by atoms with van der Waals surface area (Å²) in [6.07, 6.45) is 4.21. The van der Waals surface area contributed by atoms with E-state index < -0.39 is 0 Å². The van der Waals surface area contributed by atoms with Crippen LogP contribution in [0.2, 0.25) is 0 Å². The van der Waals surface area contributed by atoms with Gasteiger partial charge in [0.2, 0.25) is 0 Å². The molecule has 35 heavy (non-hydrogen) atoms. The van der Waals surface area contributed by atoms with E-state index in [9.17, 15) is 9.59 Å². The lowest BCUT2D eigenvalue weighted by Gasteiger charge is -2.14. The predicted molar refractivity (Wildman–Crippen MR) is 130 cm³/mol. The normalized spacial score (nSPS) is 11.3. The molecule has 5 rings (SSSR count). The molecule has 5 aromatic rings. The van der Waals surface area contributed by atoms with Crippen molar-refractivity contribution in [1.82, 2.24) is 28.7 Å². The van der Waals surface area contributed by atoms with Gasteiger partial charge >= 0.3 is 5.69 Å². The Kier molecular flexibility index (Phi) is 6.01. The lowest BCUT2D eigenvalue weighted by molar-refractivity contribution is 0.354. The summed E-state index contributed by atoms with van der Waals surface area (Å²) < 4.78 is 15.2. The largest absolute Gasteiger partial charge is 0.493 e. The number of nitrogens with zero attached hydrogens (tertiary/aromatic N) is 6. The van der Waals surface area contributed by atoms with E-state index in [0.717, 1.165) is 5.56 Å². The second kappa shape index (κ2) is 9.41. The van der Waals surface area contributed by atoms with E-state index in [1.54, 1.807) is 55.4 Å². The van der Waals surface area contributed by atoms with Gasteiger partial charge in [-0.25, -0.2) is 19.4 Å². The third kappa shape index (κ3) is 4.25. The van der Waals surface area contributed by atoms with Crippen LogP contribution in [0.1, 0.15) is 11.4 Å². The number of aryl methyl sites for hydroxylation is 3. The molecule has 0 aliphatic heterocycles. The Bertz CT molecular complexity index is 1640. The van der Waals surface area contributed by atoms with Gasteiger partial charge in [-0.2, -0.15) is 0 Å². The van der Waals surface area contributed by atoms with Gasteiger partial charge in [0.15, 0.2) is 22.8 Å². The monoisotopic (exact) mass is 472 g/mol. The minimum atomic E-state index is -0.237. The van der Waals surface area contributed by atoms with Crippen LogP contribution in [-0.4, -0.2) is 42.9 Å². The van der Waals surface area contributed by atoms with Crippen molar-refractivity contribution in [2.24, 2.45) is 0 Å². The quantitative estimate of drug-likeness (QED) is 0.341. The van der Waals surface area contributed by atoms with Crippen LogP contribution in [0, 0.1) is 0 Å². The minimum Gasteiger partial charge on any atom is -0.493 e. The van der Waals surface area contributed by atoms with Crippen molar-refractivity contribution in [2.45, 2.75) is 25.9 Å². The van der Waals surface area contributed by atoms with E-state index in [4.69, 9.17) is 9.47 Å². The number of aromatic nitrogens is 6. The van der Waals surface area contributed by atoms with Crippen LogP contribution in [0.15, 0.2) is 70.5 Å². The Labute approximate surface area is 200 Å². The summed E-state index contributed by atoms with van der Waals surface area (Å²) in [6, 6.07) is 14.5. The fraction of sp³-hybridized carbons (Fsp3) is 0.240. The van der Waals surface area contributed by atoms with Gasteiger partial charge < -0.3 is 9.47 Å². The standard InChI is InChI=1S/C25H24N6O4/c1-34-19-9-8-17(16-20(19)35-2)10-14-29-21(27-23-18(24(29)32)6-5-12-26-23)11-15-31-25(33)30-13-4-3-7-22(30)28-31/h3-9,12-13,16H,10-11,14-15H2,1-2H3. The molecule has 0 saturated heterocycles. The molecule has 0 bridgehead atoms. The SMILES string of the molecule is COc1ccc(CCn2c(CCn3nc4ccccn4c3=O)nc3ncccc3c2=O)cc1OC. The Morgan fingerprint density at radius 1 is 0.914 bits per heavy atom. The van der Waals surface area contributed by atoms with Crippen molar-refractivity contribution in [2.75, 3.05) is 14.2 Å². The van der Waals surface area contributed by atoms with E-state index in [1.165, 1.54) is 9.08 Å². The summed E-state index contributed by atoms with van der Waals surface area (Å²) in [5, 5.41) is 4.83. The third-order valence-electron chi connectivity index (χ3n) is 5.92. The van der Waals surface area contributed by atoms with Crippen LogP contribution in [0.5, 0.6) is 11.5 Å². The van der Waals surface area contributed by atoms with Crippen molar-refractivity contribution in [3.05, 3.63) is 93.2 Å². The van der Waals surface area contributed by atoms with Crippen molar-refractivity contribution in [3.8, 4) is 11.5 Å². The second-order valence-electron chi connectivity index (χ2n) is 7.98. The lowest BCUT2D eigenvalue weighted by Crippen LogP contribution is -2.29. The van der Waals surface area contributed by atoms with Gasteiger partial charge in [0, 0.05) is 25.4 Å². The summed E-state index contributed by atoms with van der Waals surface area (Å²) in [5.74, 6) is 1.82. The molecule has 0 saturated carbocycles. The Balaban J connectivity index is 1.47. The highest BCUT2D eigenvalue weighted by molar-refractivity contribution is 5.72. The van der Waals surface area contributed by atoms with E-state index in [1.807, 2.05) is 24.3 Å². The maximum Gasteiger partial charge on any atom is 0.350 e. The molecule has 0 aliphatic carbocycles. The average Bonchev–Trinajstić information content (AvgIpc) is 3.22. The summed E-state index contributed by atoms with van der Waals surface area (Å²) in [5.41, 5.74) is 1.54. The van der Waals surface area contributed by atoms with Gasteiger partial charge in [0.25, 0.3) is 5.56 Å². The van der Waals surface area contributed by atoms with Gasteiger partial charge in [-0.3, -0.25) is 13.8 Å². The number of methoxy groups -OCH3 is 2. The zero-order chi connectivity index (χ0) is 24.4. The first-order chi connectivity index (χ1) is 17.1. The molecule has 0 fully saturated rings. The predicted octanol–water partition coefficient (Wildman–Crippen LogP) is 2.10. The average molecular weight is 473 g/mol. The molecule has 0 amide bonds. The van der Waals surface area contributed by atoms with Crippen LogP contribution in [0.3, 0.4) is 0 Å². The second-order valence-corrected chi connectivity index (χ2v) is 7.98. The Morgan fingerprint density at radius 2 is 1.77 bits per heavy atom. The molecule has 4 aromatic heterocycles. The number of pyridine rings is 2. The molecule has 1 aromatic carbocycles. The number of hydrogen-bond acceptors (Lipinski definition) is 7. The summed E-state index contributed by atoms with van der Waals surface area (Å²) >= 11 is 0. The van der Waals surface area contributed by atoms with E-state index in [-0.39, 0.29) is 17.8 Å². The molecule has 0 N–H and O–H groups in total.